The molecular weight excluding hydrogens is 424 g/mol. The lowest BCUT2D eigenvalue weighted by Gasteiger charge is -2.41. The molecule has 0 aromatic heterocycles. The molecule has 2 amide bonds. The van der Waals surface area contributed by atoms with Gasteiger partial charge in [-0.3, -0.25) is 25.2 Å². The number of nitrogens with one attached hydrogen (secondary N) is 6. The van der Waals surface area contributed by atoms with Crippen molar-refractivity contribution in [2.24, 2.45) is 17.8 Å². The normalized spacial score (nSPS) is 36.8. The lowest BCUT2D eigenvalue weighted by atomic mass is 9.76. The third-order valence-electron chi connectivity index (χ3n) is 7.78. The van der Waals surface area contributed by atoms with Crippen LogP contribution in [-0.4, -0.2) is 56.7 Å². The zero-order valence-corrected chi connectivity index (χ0v) is 19.9. The quantitative estimate of drug-likeness (QED) is 0.259. The Morgan fingerprint density at radius 1 is 1.15 bits per heavy atom. The number of methoxy groups -OCH3 is 1. The standard InChI is InChI=1S/C23H42N6O4/c1-32-16-7-4-6-15(14-16)21-26-20(33-29-21)11-10-19(30)24-12-5-13-25-22-17-8-2-3-9-18(17)23(31)28-27-22/h15-18,20-22,25-27,29H,2-14H2,1H3,(H,24,30)(H,28,31). The predicted octanol–water partition coefficient (Wildman–Crippen LogP) is 0.611. The van der Waals surface area contributed by atoms with E-state index in [1.54, 1.807) is 7.11 Å². The first-order valence-corrected chi connectivity index (χ1v) is 12.9. The average Bonchev–Trinajstić information content (AvgIpc) is 3.33. The van der Waals surface area contributed by atoms with E-state index in [0.717, 1.165) is 45.1 Å². The van der Waals surface area contributed by atoms with Gasteiger partial charge in [0.25, 0.3) is 0 Å². The van der Waals surface area contributed by atoms with Gasteiger partial charge >= 0.3 is 0 Å². The van der Waals surface area contributed by atoms with Crippen LogP contribution in [0.25, 0.3) is 0 Å². The minimum atomic E-state index is -0.138. The highest BCUT2D eigenvalue weighted by Crippen LogP contribution is 2.33. The van der Waals surface area contributed by atoms with Crippen LogP contribution in [0.4, 0.5) is 0 Å². The van der Waals surface area contributed by atoms with Gasteiger partial charge in [0.2, 0.25) is 11.8 Å². The molecule has 7 atom stereocenters. The van der Waals surface area contributed by atoms with Crippen LogP contribution in [0.15, 0.2) is 0 Å². The topological polar surface area (TPSA) is 125 Å². The molecule has 4 rings (SSSR count). The molecule has 10 nitrogen and oxygen atoms in total. The van der Waals surface area contributed by atoms with Gasteiger partial charge in [-0.2, -0.15) is 5.48 Å². The summed E-state index contributed by atoms with van der Waals surface area (Å²) in [6.45, 7) is 1.43. The molecular formula is C23H42N6O4. The van der Waals surface area contributed by atoms with E-state index >= 15 is 0 Å². The highest BCUT2D eigenvalue weighted by molar-refractivity contribution is 5.79. The van der Waals surface area contributed by atoms with Crippen molar-refractivity contribution in [1.82, 2.24) is 32.3 Å². The highest BCUT2D eigenvalue weighted by Gasteiger charge is 2.39. The summed E-state index contributed by atoms with van der Waals surface area (Å²) in [6, 6.07) is 0. The highest BCUT2D eigenvalue weighted by atomic mass is 16.7. The third-order valence-corrected chi connectivity index (χ3v) is 7.78. The van der Waals surface area contributed by atoms with E-state index < -0.39 is 0 Å². The van der Waals surface area contributed by atoms with Gasteiger partial charge in [0.15, 0.2) is 0 Å². The molecule has 188 valence electrons. The maximum absolute atomic E-state index is 12.2. The summed E-state index contributed by atoms with van der Waals surface area (Å²) in [4.78, 5) is 29.9. The number of hydrogen-bond donors (Lipinski definition) is 6. The summed E-state index contributed by atoms with van der Waals surface area (Å²) in [5, 5.41) is 10.0. The van der Waals surface area contributed by atoms with Gasteiger partial charge in [0.1, 0.15) is 6.23 Å². The number of rotatable bonds is 10. The van der Waals surface area contributed by atoms with Crippen LogP contribution in [0.2, 0.25) is 0 Å². The zero-order chi connectivity index (χ0) is 23.0. The molecule has 7 unspecified atom stereocenters. The van der Waals surface area contributed by atoms with Crippen LogP contribution in [0, 0.1) is 17.8 Å². The molecule has 2 heterocycles. The van der Waals surface area contributed by atoms with Gasteiger partial charge in [-0.05, 0) is 57.4 Å². The second kappa shape index (κ2) is 12.4. The van der Waals surface area contributed by atoms with Crippen LogP contribution in [-0.2, 0) is 19.2 Å². The zero-order valence-electron chi connectivity index (χ0n) is 19.9. The van der Waals surface area contributed by atoms with E-state index in [9.17, 15) is 9.59 Å². The minimum absolute atomic E-state index is 0.0522. The second-order valence-electron chi connectivity index (χ2n) is 10.0. The Bertz CT molecular complexity index is 652. The fourth-order valence-corrected chi connectivity index (χ4v) is 5.86. The first-order chi connectivity index (χ1) is 16.1. The average molecular weight is 467 g/mol. The van der Waals surface area contributed by atoms with Crippen molar-refractivity contribution in [1.29, 1.82) is 0 Å². The first-order valence-electron chi connectivity index (χ1n) is 12.9. The molecule has 4 fully saturated rings. The molecule has 2 aliphatic heterocycles. The molecule has 0 aromatic rings. The first kappa shape index (κ1) is 24.8. The minimum Gasteiger partial charge on any atom is -0.381 e. The van der Waals surface area contributed by atoms with Crippen LogP contribution in [0.3, 0.4) is 0 Å². The van der Waals surface area contributed by atoms with Gasteiger partial charge in [-0.15, -0.1) is 0 Å². The van der Waals surface area contributed by atoms with Gasteiger partial charge in [0, 0.05) is 31.9 Å². The molecule has 2 aliphatic carbocycles. The van der Waals surface area contributed by atoms with Gasteiger partial charge in [-0.25, -0.2) is 5.43 Å². The SMILES string of the molecule is COC1CCCC(C2NOC(CCC(=O)NCCCNC3NNC(=O)C4CCCCC34)N2)C1. The van der Waals surface area contributed by atoms with E-state index in [1.807, 2.05) is 0 Å². The number of hydrazine groups is 1. The summed E-state index contributed by atoms with van der Waals surface area (Å²) >= 11 is 0. The number of fused-ring (bicyclic) bond motifs is 1. The lowest BCUT2D eigenvalue weighted by Crippen LogP contribution is -2.64. The monoisotopic (exact) mass is 466 g/mol. The Labute approximate surface area is 197 Å². The van der Waals surface area contributed by atoms with Crippen molar-refractivity contribution in [2.75, 3.05) is 20.2 Å². The van der Waals surface area contributed by atoms with E-state index in [1.165, 1.54) is 19.3 Å². The maximum atomic E-state index is 12.2. The van der Waals surface area contributed by atoms with Crippen molar-refractivity contribution in [3.8, 4) is 0 Å². The van der Waals surface area contributed by atoms with Gasteiger partial charge in [0.05, 0.1) is 18.4 Å². The Morgan fingerprint density at radius 3 is 2.91 bits per heavy atom. The van der Waals surface area contributed by atoms with Crippen molar-refractivity contribution >= 4 is 11.8 Å². The van der Waals surface area contributed by atoms with Crippen molar-refractivity contribution in [3.63, 3.8) is 0 Å². The summed E-state index contributed by atoms with van der Waals surface area (Å²) < 4.78 is 5.53. The number of ether oxygens (including phenoxy) is 1. The Hall–Kier alpha value is -1.30. The number of hydroxylamine groups is 1. The van der Waals surface area contributed by atoms with Crippen molar-refractivity contribution in [3.05, 3.63) is 0 Å². The van der Waals surface area contributed by atoms with Crippen LogP contribution >= 0.6 is 0 Å². The Kier molecular flexibility index (Phi) is 9.34. The Morgan fingerprint density at radius 2 is 2.03 bits per heavy atom. The van der Waals surface area contributed by atoms with Gasteiger partial charge < -0.3 is 15.4 Å². The molecule has 2 saturated heterocycles. The molecule has 10 heteroatoms. The van der Waals surface area contributed by atoms with Crippen LogP contribution in [0.1, 0.15) is 70.6 Å². The summed E-state index contributed by atoms with van der Waals surface area (Å²) in [5.41, 5.74) is 9.05. The van der Waals surface area contributed by atoms with Gasteiger partial charge in [-0.1, -0.05) is 19.3 Å². The molecule has 0 bridgehead atoms. The van der Waals surface area contributed by atoms with E-state index in [4.69, 9.17) is 9.57 Å². The molecule has 33 heavy (non-hydrogen) atoms. The van der Waals surface area contributed by atoms with Crippen molar-refractivity contribution < 1.29 is 19.2 Å². The fourth-order valence-electron chi connectivity index (χ4n) is 5.86. The summed E-state index contributed by atoms with van der Waals surface area (Å²) in [6.07, 6.45) is 11.3. The van der Waals surface area contributed by atoms with Crippen LogP contribution in [0.5, 0.6) is 0 Å². The Balaban J connectivity index is 1.05. The number of carbonyl (C=O) groups excluding carboxylic acids is 2. The summed E-state index contributed by atoms with van der Waals surface area (Å²) in [5.74, 6) is 1.15. The smallest absolute Gasteiger partial charge is 0.237 e. The van der Waals surface area contributed by atoms with E-state index in [-0.39, 0.29) is 36.3 Å². The van der Waals surface area contributed by atoms with E-state index in [2.05, 4.69) is 32.3 Å². The fraction of sp³-hybridized carbons (Fsp3) is 0.913. The predicted molar refractivity (Wildman–Crippen MR) is 123 cm³/mol. The molecule has 4 aliphatic rings. The molecule has 2 saturated carbocycles. The maximum Gasteiger partial charge on any atom is 0.237 e. The third kappa shape index (κ3) is 6.86. The molecule has 0 aromatic carbocycles. The second-order valence-corrected chi connectivity index (χ2v) is 10.0. The number of carbonyl (C=O) groups is 2. The summed E-state index contributed by atoms with van der Waals surface area (Å²) in [7, 11) is 1.79. The molecule has 0 spiro atoms. The van der Waals surface area contributed by atoms with E-state index in [0.29, 0.717) is 37.3 Å². The van der Waals surface area contributed by atoms with Crippen molar-refractivity contribution in [2.45, 2.75) is 95.3 Å². The molecule has 6 N–H and O–H groups in total. The number of hydrogen-bond acceptors (Lipinski definition) is 8. The molecule has 0 radical (unpaired) electrons. The lowest BCUT2D eigenvalue weighted by molar-refractivity contribution is -0.134. The largest absolute Gasteiger partial charge is 0.381 e. The number of amides is 2. The van der Waals surface area contributed by atoms with Crippen LogP contribution < -0.4 is 32.3 Å².